The van der Waals surface area contributed by atoms with E-state index in [0.717, 1.165) is 58.6 Å². The SMILES string of the molecule is COc1ccccc1CNC1CCc2c(sc3ncn(Cc4ccccc4OC)c(=O)c23)C1. The standard InChI is InChI=1S/C26H27N3O3S/c1-31-21-9-5-3-7-17(21)14-27-19-11-12-20-23(13-19)33-25-24(20)26(30)29(16-28-25)15-18-8-4-6-10-22(18)32-2/h3-10,16,19,27H,11-15H2,1-2H3. The summed E-state index contributed by atoms with van der Waals surface area (Å²) in [5, 5.41) is 4.47. The number of nitrogens with one attached hydrogen (secondary N) is 1. The predicted molar refractivity (Wildman–Crippen MR) is 132 cm³/mol. The average Bonchev–Trinajstić information content (AvgIpc) is 3.23. The molecular weight excluding hydrogens is 434 g/mol. The van der Waals surface area contributed by atoms with Gasteiger partial charge in [-0.05, 0) is 37.0 Å². The molecule has 0 saturated heterocycles. The highest BCUT2D eigenvalue weighted by molar-refractivity contribution is 7.18. The first-order valence-electron chi connectivity index (χ1n) is 11.1. The number of benzene rings is 2. The van der Waals surface area contributed by atoms with E-state index >= 15 is 0 Å². The molecular formula is C26H27N3O3S. The van der Waals surface area contributed by atoms with Crippen LogP contribution in [0.15, 0.2) is 59.7 Å². The second-order valence-corrected chi connectivity index (χ2v) is 9.39. The lowest BCUT2D eigenvalue weighted by molar-refractivity contribution is 0.401. The van der Waals surface area contributed by atoms with Crippen LogP contribution in [0.25, 0.3) is 10.2 Å². The van der Waals surface area contributed by atoms with Gasteiger partial charge in [0.15, 0.2) is 0 Å². The molecule has 0 fully saturated rings. The van der Waals surface area contributed by atoms with Crippen molar-refractivity contribution in [3.05, 3.63) is 86.8 Å². The molecule has 0 saturated carbocycles. The summed E-state index contributed by atoms with van der Waals surface area (Å²) in [6, 6.07) is 16.3. The summed E-state index contributed by atoms with van der Waals surface area (Å²) < 4.78 is 12.6. The highest BCUT2D eigenvalue weighted by atomic mass is 32.1. The van der Waals surface area contributed by atoms with Crippen molar-refractivity contribution < 1.29 is 9.47 Å². The van der Waals surface area contributed by atoms with Crippen molar-refractivity contribution in [3.8, 4) is 11.5 Å². The maximum atomic E-state index is 13.4. The topological polar surface area (TPSA) is 65.4 Å². The molecule has 6 nitrogen and oxygen atoms in total. The van der Waals surface area contributed by atoms with Gasteiger partial charge in [-0.2, -0.15) is 0 Å². The molecule has 1 aliphatic rings. The van der Waals surface area contributed by atoms with Gasteiger partial charge < -0.3 is 14.8 Å². The number of nitrogens with zero attached hydrogens (tertiary/aromatic N) is 2. The second-order valence-electron chi connectivity index (χ2n) is 8.31. The quantitative estimate of drug-likeness (QED) is 0.448. The molecule has 1 aliphatic carbocycles. The number of fused-ring (bicyclic) bond motifs is 3. The summed E-state index contributed by atoms with van der Waals surface area (Å²) in [7, 11) is 3.35. The molecule has 5 rings (SSSR count). The van der Waals surface area contributed by atoms with E-state index in [0.29, 0.717) is 12.6 Å². The maximum Gasteiger partial charge on any atom is 0.262 e. The van der Waals surface area contributed by atoms with Gasteiger partial charge >= 0.3 is 0 Å². The Kier molecular flexibility index (Phi) is 6.15. The van der Waals surface area contributed by atoms with Crippen LogP contribution in [0.2, 0.25) is 0 Å². The number of rotatable bonds is 7. The maximum absolute atomic E-state index is 13.4. The lowest BCUT2D eigenvalue weighted by Crippen LogP contribution is -2.34. The van der Waals surface area contributed by atoms with Crippen LogP contribution in [0, 0.1) is 0 Å². The predicted octanol–water partition coefficient (Wildman–Crippen LogP) is 4.17. The van der Waals surface area contributed by atoms with Crippen LogP contribution >= 0.6 is 11.3 Å². The Hall–Kier alpha value is -3.16. The van der Waals surface area contributed by atoms with Gasteiger partial charge in [-0.1, -0.05) is 36.4 Å². The van der Waals surface area contributed by atoms with Crippen LogP contribution in [-0.2, 0) is 25.9 Å². The van der Waals surface area contributed by atoms with Crippen LogP contribution in [0.1, 0.15) is 28.0 Å². The fraction of sp³-hybridized carbons (Fsp3) is 0.308. The van der Waals surface area contributed by atoms with E-state index < -0.39 is 0 Å². The highest BCUT2D eigenvalue weighted by Crippen LogP contribution is 2.34. The first kappa shape index (κ1) is 21.7. The number of methoxy groups -OCH3 is 2. The lowest BCUT2D eigenvalue weighted by Gasteiger charge is -2.24. The molecule has 0 bridgehead atoms. The molecule has 2 heterocycles. The molecule has 0 amide bonds. The van der Waals surface area contributed by atoms with E-state index in [1.807, 2.05) is 42.5 Å². The number of para-hydroxylation sites is 2. The minimum atomic E-state index is 0.0313. The number of ether oxygens (including phenoxy) is 2. The zero-order chi connectivity index (χ0) is 22.8. The number of aryl methyl sites for hydroxylation is 1. The highest BCUT2D eigenvalue weighted by Gasteiger charge is 2.25. The second kappa shape index (κ2) is 9.37. The molecule has 2 aromatic carbocycles. The van der Waals surface area contributed by atoms with Gasteiger partial charge in [0.05, 0.1) is 32.5 Å². The van der Waals surface area contributed by atoms with E-state index in [4.69, 9.17) is 9.47 Å². The van der Waals surface area contributed by atoms with Crippen LogP contribution in [-0.4, -0.2) is 29.8 Å². The Bertz CT molecular complexity index is 1340. The molecule has 0 spiro atoms. The molecule has 0 aliphatic heterocycles. The van der Waals surface area contributed by atoms with E-state index in [2.05, 4.69) is 16.4 Å². The Morgan fingerprint density at radius 3 is 2.52 bits per heavy atom. The van der Waals surface area contributed by atoms with Crippen molar-refractivity contribution in [2.24, 2.45) is 0 Å². The normalized spacial score (nSPS) is 15.4. The Balaban J connectivity index is 1.37. The van der Waals surface area contributed by atoms with Crippen LogP contribution in [0.5, 0.6) is 11.5 Å². The van der Waals surface area contributed by atoms with Crippen molar-refractivity contribution in [2.45, 2.75) is 38.4 Å². The Morgan fingerprint density at radius 1 is 1.06 bits per heavy atom. The van der Waals surface area contributed by atoms with Crippen molar-refractivity contribution in [2.75, 3.05) is 14.2 Å². The zero-order valence-corrected chi connectivity index (χ0v) is 19.7. The third kappa shape index (κ3) is 4.26. The summed E-state index contributed by atoms with van der Waals surface area (Å²) >= 11 is 1.66. The third-order valence-electron chi connectivity index (χ3n) is 6.34. The van der Waals surface area contributed by atoms with Gasteiger partial charge in [0.25, 0.3) is 5.56 Å². The molecule has 2 aromatic heterocycles. The molecule has 4 aromatic rings. The molecule has 1 N–H and O–H groups in total. The number of aromatic nitrogens is 2. The van der Waals surface area contributed by atoms with Crippen LogP contribution in [0.3, 0.4) is 0 Å². The Morgan fingerprint density at radius 2 is 1.76 bits per heavy atom. The summed E-state index contributed by atoms with van der Waals surface area (Å²) in [6.07, 6.45) is 4.46. The van der Waals surface area contributed by atoms with Gasteiger partial charge in [0.1, 0.15) is 16.3 Å². The number of hydrogen-bond donors (Lipinski definition) is 1. The van der Waals surface area contributed by atoms with Gasteiger partial charge in [-0.3, -0.25) is 9.36 Å². The smallest absolute Gasteiger partial charge is 0.262 e. The zero-order valence-electron chi connectivity index (χ0n) is 18.8. The summed E-state index contributed by atoms with van der Waals surface area (Å²) in [5.41, 5.74) is 3.33. The van der Waals surface area contributed by atoms with Gasteiger partial charge in [-0.25, -0.2) is 4.98 Å². The van der Waals surface area contributed by atoms with Crippen molar-refractivity contribution in [1.29, 1.82) is 0 Å². The Labute approximate surface area is 196 Å². The van der Waals surface area contributed by atoms with Crippen LogP contribution < -0.4 is 20.3 Å². The van der Waals surface area contributed by atoms with Gasteiger partial charge in [-0.15, -0.1) is 11.3 Å². The first-order valence-corrected chi connectivity index (χ1v) is 12.0. The summed E-state index contributed by atoms with van der Waals surface area (Å²) in [4.78, 5) is 20.1. The summed E-state index contributed by atoms with van der Waals surface area (Å²) in [6.45, 7) is 1.21. The summed E-state index contributed by atoms with van der Waals surface area (Å²) in [5.74, 6) is 1.68. The average molecular weight is 462 g/mol. The monoisotopic (exact) mass is 461 g/mol. The van der Waals surface area contributed by atoms with Gasteiger partial charge in [0, 0.05) is 28.6 Å². The van der Waals surface area contributed by atoms with Crippen molar-refractivity contribution >= 4 is 21.6 Å². The molecule has 1 unspecified atom stereocenters. The molecule has 33 heavy (non-hydrogen) atoms. The van der Waals surface area contributed by atoms with E-state index in [1.54, 1.807) is 36.5 Å². The van der Waals surface area contributed by atoms with Crippen molar-refractivity contribution in [3.63, 3.8) is 0 Å². The number of thiophene rings is 1. The van der Waals surface area contributed by atoms with E-state index in [1.165, 1.54) is 10.4 Å². The number of hydrogen-bond acceptors (Lipinski definition) is 6. The lowest BCUT2D eigenvalue weighted by atomic mass is 9.93. The fourth-order valence-corrected chi connectivity index (χ4v) is 5.87. The van der Waals surface area contributed by atoms with E-state index in [-0.39, 0.29) is 5.56 Å². The van der Waals surface area contributed by atoms with Gasteiger partial charge in [0.2, 0.25) is 0 Å². The largest absolute Gasteiger partial charge is 0.496 e. The fourth-order valence-electron chi connectivity index (χ4n) is 4.61. The molecule has 170 valence electrons. The van der Waals surface area contributed by atoms with E-state index in [9.17, 15) is 4.79 Å². The third-order valence-corrected chi connectivity index (χ3v) is 7.51. The minimum absolute atomic E-state index is 0.0313. The minimum Gasteiger partial charge on any atom is -0.496 e. The first-order chi connectivity index (χ1) is 16.2. The van der Waals surface area contributed by atoms with Crippen LogP contribution in [0.4, 0.5) is 0 Å². The van der Waals surface area contributed by atoms with Crippen molar-refractivity contribution in [1.82, 2.24) is 14.9 Å². The molecule has 0 radical (unpaired) electrons. The molecule has 1 atom stereocenters. The molecule has 7 heteroatoms.